The van der Waals surface area contributed by atoms with Crippen LogP contribution in [0.2, 0.25) is 0 Å². The highest BCUT2D eigenvalue weighted by Gasteiger charge is 2.21. The number of nitrogens with zero attached hydrogens (tertiary/aromatic N) is 2. The Hall–Kier alpha value is -1.38. The average molecular weight is 374 g/mol. The molecule has 2 aromatic rings. The number of anilines is 1. The van der Waals surface area contributed by atoms with Crippen molar-refractivity contribution in [2.45, 2.75) is 25.3 Å². The first-order valence-corrected chi connectivity index (χ1v) is 8.45. The largest absolute Gasteiger partial charge is 0.392 e. The lowest BCUT2D eigenvalue weighted by Crippen LogP contribution is -2.15. The van der Waals surface area contributed by atoms with Crippen molar-refractivity contribution in [3.8, 4) is 0 Å². The Balaban J connectivity index is 2.49. The molecular formula is C13H16BrN3O3S. The third-order valence-electron chi connectivity index (χ3n) is 3.09. The van der Waals surface area contributed by atoms with Gasteiger partial charge in [-0.15, -0.1) is 0 Å². The number of aromatic nitrogens is 2. The predicted molar refractivity (Wildman–Crippen MR) is 83.6 cm³/mol. The van der Waals surface area contributed by atoms with E-state index in [2.05, 4.69) is 25.8 Å². The van der Waals surface area contributed by atoms with Gasteiger partial charge in [0.1, 0.15) is 0 Å². The molecule has 0 radical (unpaired) electrons. The molecule has 6 nitrogen and oxygen atoms in total. The molecule has 0 spiro atoms. The third kappa shape index (κ3) is 3.28. The van der Waals surface area contributed by atoms with Crippen LogP contribution >= 0.6 is 15.9 Å². The molecule has 0 atom stereocenters. The van der Waals surface area contributed by atoms with Crippen molar-refractivity contribution in [1.82, 2.24) is 9.78 Å². The van der Waals surface area contributed by atoms with Gasteiger partial charge in [0.25, 0.3) is 10.0 Å². The van der Waals surface area contributed by atoms with Gasteiger partial charge >= 0.3 is 0 Å². The fraction of sp³-hybridized carbons (Fsp3) is 0.308. The van der Waals surface area contributed by atoms with E-state index in [1.54, 1.807) is 37.8 Å². The Morgan fingerprint density at radius 2 is 2.05 bits per heavy atom. The molecular weight excluding hydrogens is 358 g/mol. The molecule has 1 heterocycles. The van der Waals surface area contributed by atoms with Gasteiger partial charge in [0.05, 0.1) is 22.9 Å². The number of aliphatic hydroxyl groups is 1. The maximum atomic E-state index is 12.6. The molecule has 0 saturated heterocycles. The van der Waals surface area contributed by atoms with Crippen molar-refractivity contribution in [1.29, 1.82) is 0 Å². The van der Waals surface area contributed by atoms with Crippen LogP contribution in [0.25, 0.3) is 0 Å². The number of hydrogen-bond donors (Lipinski definition) is 2. The number of benzene rings is 1. The summed E-state index contributed by atoms with van der Waals surface area (Å²) in [5.41, 5.74) is 2.13. The minimum absolute atomic E-state index is 0.129. The molecule has 21 heavy (non-hydrogen) atoms. The van der Waals surface area contributed by atoms with Crippen LogP contribution in [0.4, 0.5) is 5.69 Å². The fourth-order valence-corrected chi connectivity index (χ4v) is 4.04. The van der Waals surface area contributed by atoms with Gasteiger partial charge in [-0.25, -0.2) is 8.42 Å². The monoisotopic (exact) mass is 373 g/mol. The van der Waals surface area contributed by atoms with Crippen LogP contribution in [0.3, 0.4) is 0 Å². The second kappa shape index (κ2) is 5.78. The van der Waals surface area contributed by atoms with Crippen LogP contribution in [0.15, 0.2) is 27.7 Å². The van der Waals surface area contributed by atoms with Gasteiger partial charge in [-0.1, -0.05) is 15.9 Å². The summed E-state index contributed by atoms with van der Waals surface area (Å²) in [4.78, 5) is 0.129. The van der Waals surface area contributed by atoms with Crippen LogP contribution in [-0.2, 0) is 23.7 Å². The molecule has 0 aliphatic heterocycles. The molecule has 0 aliphatic carbocycles. The van der Waals surface area contributed by atoms with Gasteiger partial charge in [-0.05, 0) is 37.1 Å². The highest BCUT2D eigenvalue weighted by atomic mass is 79.9. The molecule has 2 rings (SSSR count). The van der Waals surface area contributed by atoms with Crippen molar-refractivity contribution in [2.75, 3.05) is 4.72 Å². The number of rotatable bonds is 4. The zero-order valence-electron chi connectivity index (χ0n) is 11.9. The molecule has 1 aromatic carbocycles. The first-order valence-electron chi connectivity index (χ1n) is 6.17. The minimum atomic E-state index is -3.75. The lowest BCUT2D eigenvalue weighted by atomic mass is 10.2. The summed E-state index contributed by atoms with van der Waals surface area (Å²) in [7, 11) is -2.03. The highest BCUT2D eigenvalue weighted by Crippen LogP contribution is 2.28. The van der Waals surface area contributed by atoms with E-state index in [9.17, 15) is 13.5 Å². The SMILES string of the molecule is Cc1nn(C)cc1NS(=O)(=O)c1cc(CO)cc(Br)c1C. The summed E-state index contributed by atoms with van der Waals surface area (Å²) in [5.74, 6) is 0. The molecule has 0 saturated carbocycles. The van der Waals surface area contributed by atoms with E-state index >= 15 is 0 Å². The number of halogens is 1. The standard InChI is InChI=1S/C13H16BrN3O3S/c1-8-11(14)4-10(7-18)5-13(8)21(19,20)16-12-6-17(3)15-9(12)2/h4-6,16,18H,7H2,1-3H3. The summed E-state index contributed by atoms with van der Waals surface area (Å²) in [5, 5.41) is 13.3. The molecule has 0 amide bonds. The molecule has 1 aromatic heterocycles. The molecule has 0 fully saturated rings. The van der Waals surface area contributed by atoms with E-state index in [0.717, 1.165) is 0 Å². The van der Waals surface area contributed by atoms with Crippen LogP contribution in [0.5, 0.6) is 0 Å². The van der Waals surface area contributed by atoms with E-state index < -0.39 is 10.0 Å². The van der Waals surface area contributed by atoms with E-state index in [4.69, 9.17) is 0 Å². The molecule has 0 aliphatic rings. The Bertz CT molecular complexity index is 784. The van der Waals surface area contributed by atoms with E-state index in [-0.39, 0.29) is 11.5 Å². The normalized spacial score (nSPS) is 11.7. The first kappa shape index (κ1) is 16.0. The second-order valence-electron chi connectivity index (χ2n) is 4.77. The van der Waals surface area contributed by atoms with Gasteiger partial charge in [-0.2, -0.15) is 5.10 Å². The maximum Gasteiger partial charge on any atom is 0.262 e. The topological polar surface area (TPSA) is 84.2 Å². The van der Waals surface area contributed by atoms with Crippen LogP contribution in [0, 0.1) is 13.8 Å². The molecule has 0 bridgehead atoms. The summed E-state index contributed by atoms with van der Waals surface area (Å²) in [6.45, 7) is 3.20. The maximum absolute atomic E-state index is 12.6. The van der Waals surface area contributed by atoms with Gasteiger partial charge in [0.2, 0.25) is 0 Å². The van der Waals surface area contributed by atoms with E-state index in [1.807, 2.05) is 0 Å². The number of hydrogen-bond acceptors (Lipinski definition) is 4. The second-order valence-corrected chi connectivity index (χ2v) is 7.27. The first-order chi connectivity index (χ1) is 9.74. The van der Waals surface area contributed by atoms with Crippen molar-refractivity contribution >= 4 is 31.6 Å². The summed E-state index contributed by atoms with van der Waals surface area (Å²) >= 11 is 3.31. The number of aryl methyl sites for hydroxylation is 2. The number of sulfonamides is 1. The average Bonchev–Trinajstić information content (AvgIpc) is 2.70. The molecule has 2 N–H and O–H groups in total. The van der Waals surface area contributed by atoms with Crippen LogP contribution in [-0.4, -0.2) is 23.3 Å². The molecule has 8 heteroatoms. The summed E-state index contributed by atoms with van der Waals surface area (Å²) < 4.78 is 29.8. The summed E-state index contributed by atoms with van der Waals surface area (Å²) in [6.07, 6.45) is 1.60. The van der Waals surface area contributed by atoms with E-state index in [1.165, 1.54) is 6.07 Å². The lowest BCUT2D eigenvalue weighted by molar-refractivity contribution is 0.281. The Morgan fingerprint density at radius 1 is 1.38 bits per heavy atom. The van der Waals surface area contributed by atoms with Crippen molar-refractivity contribution in [2.24, 2.45) is 7.05 Å². The molecule has 114 valence electrons. The van der Waals surface area contributed by atoms with Gasteiger partial charge in [0.15, 0.2) is 0 Å². The number of nitrogens with one attached hydrogen (secondary N) is 1. The highest BCUT2D eigenvalue weighted by molar-refractivity contribution is 9.10. The minimum Gasteiger partial charge on any atom is -0.392 e. The van der Waals surface area contributed by atoms with Crippen LogP contribution in [0.1, 0.15) is 16.8 Å². The zero-order chi connectivity index (χ0) is 15.8. The van der Waals surface area contributed by atoms with Crippen molar-refractivity contribution < 1.29 is 13.5 Å². The van der Waals surface area contributed by atoms with Gasteiger partial charge in [-0.3, -0.25) is 9.40 Å². The number of aliphatic hydroxyl groups excluding tert-OH is 1. The predicted octanol–water partition coefficient (Wildman–Crippen LogP) is 2.09. The third-order valence-corrected chi connectivity index (χ3v) is 5.40. The van der Waals surface area contributed by atoms with Gasteiger partial charge in [0, 0.05) is 17.7 Å². The molecule has 0 unspecified atom stereocenters. The van der Waals surface area contributed by atoms with Crippen molar-refractivity contribution in [3.63, 3.8) is 0 Å². The Morgan fingerprint density at radius 3 is 2.57 bits per heavy atom. The van der Waals surface area contributed by atoms with E-state index in [0.29, 0.717) is 27.0 Å². The zero-order valence-corrected chi connectivity index (χ0v) is 14.3. The van der Waals surface area contributed by atoms with Crippen LogP contribution < -0.4 is 4.72 Å². The Kier molecular flexibility index (Phi) is 4.40. The quantitative estimate of drug-likeness (QED) is 0.859. The summed E-state index contributed by atoms with van der Waals surface area (Å²) in [6, 6.07) is 3.16. The lowest BCUT2D eigenvalue weighted by Gasteiger charge is -2.12. The van der Waals surface area contributed by atoms with Crippen molar-refractivity contribution in [3.05, 3.63) is 39.6 Å². The smallest absolute Gasteiger partial charge is 0.262 e. The van der Waals surface area contributed by atoms with Gasteiger partial charge < -0.3 is 5.11 Å². The Labute approximate surface area is 132 Å². The fourth-order valence-electron chi connectivity index (χ4n) is 1.98.